The van der Waals surface area contributed by atoms with E-state index in [1.807, 2.05) is 0 Å². The third-order valence-corrected chi connectivity index (χ3v) is 4.68. The van der Waals surface area contributed by atoms with E-state index < -0.39 is 23.4 Å². The second kappa shape index (κ2) is 9.09. The molecule has 32 heavy (non-hydrogen) atoms. The highest BCUT2D eigenvalue weighted by atomic mass is 19.1. The number of nitrogens with one attached hydrogen (secondary N) is 1. The van der Waals surface area contributed by atoms with Crippen LogP contribution in [0.15, 0.2) is 48.5 Å². The van der Waals surface area contributed by atoms with E-state index in [1.54, 1.807) is 42.7 Å². The van der Waals surface area contributed by atoms with Crippen LogP contribution < -0.4 is 5.32 Å². The molecule has 9 nitrogen and oxygen atoms in total. The van der Waals surface area contributed by atoms with Gasteiger partial charge in [-0.2, -0.15) is 5.26 Å². The van der Waals surface area contributed by atoms with Crippen LogP contribution in [0.25, 0.3) is 5.69 Å². The van der Waals surface area contributed by atoms with Gasteiger partial charge in [-0.15, -0.1) is 0 Å². The van der Waals surface area contributed by atoms with E-state index in [0.717, 1.165) is 17.8 Å². The maximum Gasteiger partial charge on any atom is 0.340 e. The number of halogens is 1. The second-order valence-electron chi connectivity index (χ2n) is 6.82. The van der Waals surface area contributed by atoms with Crippen molar-refractivity contribution in [2.75, 3.05) is 11.9 Å². The topological polar surface area (TPSA) is 127 Å². The highest BCUT2D eigenvalue weighted by Gasteiger charge is 2.19. The number of hydrogen-bond acceptors (Lipinski definition) is 6. The van der Waals surface area contributed by atoms with E-state index in [2.05, 4.69) is 5.32 Å². The van der Waals surface area contributed by atoms with Crippen molar-refractivity contribution in [1.29, 1.82) is 5.26 Å². The molecule has 10 heteroatoms. The molecule has 0 saturated heterocycles. The number of non-ortho nitro benzene ring substituents is 1. The first-order valence-corrected chi connectivity index (χ1v) is 9.31. The second-order valence-corrected chi connectivity index (χ2v) is 6.82. The van der Waals surface area contributed by atoms with Crippen molar-refractivity contribution in [2.45, 2.75) is 13.8 Å². The summed E-state index contributed by atoms with van der Waals surface area (Å²) in [5, 5.41) is 22.3. The van der Waals surface area contributed by atoms with E-state index >= 15 is 0 Å². The Bertz CT molecular complexity index is 1260. The van der Waals surface area contributed by atoms with Gasteiger partial charge in [0.15, 0.2) is 6.61 Å². The first-order chi connectivity index (χ1) is 15.2. The number of nitriles is 1. The molecule has 2 aromatic carbocycles. The van der Waals surface area contributed by atoms with Crippen LogP contribution >= 0.6 is 0 Å². The number of ether oxygens (including phenoxy) is 1. The van der Waals surface area contributed by atoms with Crippen LogP contribution in [-0.4, -0.2) is 28.0 Å². The molecule has 1 heterocycles. The summed E-state index contributed by atoms with van der Waals surface area (Å²) in [5.41, 5.74) is 1.86. The Hall–Kier alpha value is -4.52. The summed E-state index contributed by atoms with van der Waals surface area (Å²) in [4.78, 5) is 34.8. The lowest BCUT2D eigenvalue weighted by Crippen LogP contribution is -2.21. The molecule has 3 rings (SSSR count). The number of benzene rings is 2. The van der Waals surface area contributed by atoms with Crippen LogP contribution in [0.2, 0.25) is 0 Å². The highest BCUT2D eigenvalue weighted by Crippen LogP contribution is 2.23. The molecular formula is C22H17FN4O5. The van der Waals surface area contributed by atoms with Gasteiger partial charge in [0.2, 0.25) is 0 Å². The third-order valence-electron chi connectivity index (χ3n) is 4.68. The first-order valence-electron chi connectivity index (χ1n) is 9.31. The lowest BCUT2D eigenvalue weighted by Gasteiger charge is -2.10. The van der Waals surface area contributed by atoms with Crippen molar-refractivity contribution in [2.24, 2.45) is 0 Å². The van der Waals surface area contributed by atoms with Gasteiger partial charge in [0, 0.05) is 29.2 Å². The molecule has 0 atom stereocenters. The molecule has 0 fully saturated rings. The van der Waals surface area contributed by atoms with Gasteiger partial charge in [0.05, 0.1) is 21.7 Å². The van der Waals surface area contributed by atoms with Gasteiger partial charge >= 0.3 is 5.97 Å². The van der Waals surface area contributed by atoms with Gasteiger partial charge in [-0.25, -0.2) is 9.18 Å². The van der Waals surface area contributed by atoms with Crippen molar-refractivity contribution in [3.05, 3.63) is 87.0 Å². The maximum absolute atomic E-state index is 13.2. The molecule has 0 bridgehead atoms. The lowest BCUT2D eigenvalue weighted by molar-refractivity contribution is -0.384. The van der Waals surface area contributed by atoms with Crippen LogP contribution in [-0.2, 0) is 9.53 Å². The number of carbonyl (C=O) groups is 2. The normalized spacial score (nSPS) is 10.3. The molecule has 0 aliphatic rings. The van der Waals surface area contributed by atoms with Crippen molar-refractivity contribution in [3.8, 4) is 11.8 Å². The monoisotopic (exact) mass is 436 g/mol. The molecule has 0 aliphatic carbocycles. The van der Waals surface area contributed by atoms with Gasteiger partial charge < -0.3 is 14.6 Å². The molecule has 0 unspecified atom stereocenters. The maximum atomic E-state index is 13.2. The average Bonchev–Trinajstić information content (AvgIpc) is 3.06. The minimum atomic E-state index is -0.731. The van der Waals surface area contributed by atoms with Crippen molar-refractivity contribution in [3.63, 3.8) is 0 Å². The smallest absolute Gasteiger partial charge is 0.340 e. The van der Waals surface area contributed by atoms with E-state index in [0.29, 0.717) is 11.4 Å². The fourth-order valence-corrected chi connectivity index (χ4v) is 3.20. The average molecular weight is 436 g/mol. The minimum absolute atomic E-state index is 0.0636. The number of esters is 1. The Morgan fingerprint density at radius 1 is 1.19 bits per heavy atom. The molecule has 0 saturated carbocycles. The Morgan fingerprint density at radius 3 is 2.50 bits per heavy atom. The van der Waals surface area contributed by atoms with E-state index in [9.17, 15) is 24.1 Å². The number of nitro groups is 1. The Kier molecular flexibility index (Phi) is 6.30. The van der Waals surface area contributed by atoms with Gasteiger partial charge in [-0.3, -0.25) is 14.9 Å². The number of nitrogens with zero attached hydrogens (tertiary/aromatic N) is 3. The summed E-state index contributed by atoms with van der Waals surface area (Å²) in [6, 6.07) is 12.6. The van der Waals surface area contributed by atoms with Crippen LogP contribution in [0.3, 0.4) is 0 Å². The molecular weight excluding hydrogens is 419 g/mol. The largest absolute Gasteiger partial charge is 0.452 e. The van der Waals surface area contributed by atoms with Crippen LogP contribution in [0.1, 0.15) is 27.3 Å². The molecule has 1 aromatic heterocycles. The number of anilines is 1. The number of aryl methyl sites for hydroxylation is 1. The molecule has 1 N–H and O–H groups in total. The van der Waals surface area contributed by atoms with E-state index in [4.69, 9.17) is 10.00 Å². The summed E-state index contributed by atoms with van der Waals surface area (Å²) in [5.74, 6) is -1.82. The fraction of sp³-hybridized carbons (Fsp3) is 0.136. The van der Waals surface area contributed by atoms with Crippen LogP contribution in [0.4, 0.5) is 15.8 Å². The lowest BCUT2D eigenvalue weighted by atomic mass is 10.1. The first kappa shape index (κ1) is 22.2. The summed E-state index contributed by atoms with van der Waals surface area (Å²) in [6.45, 7) is 2.85. The predicted molar refractivity (Wildman–Crippen MR) is 112 cm³/mol. The quantitative estimate of drug-likeness (QED) is 0.356. The molecule has 3 aromatic rings. The summed E-state index contributed by atoms with van der Waals surface area (Å²) in [6.07, 6.45) is 0. The van der Waals surface area contributed by atoms with E-state index in [1.165, 1.54) is 18.2 Å². The van der Waals surface area contributed by atoms with Gasteiger partial charge in [0.25, 0.3) is 11.6 Å². The van der Waals surface area contributed by atoms with Gasteiger partial charge in [-0.05, 0) is 50.2 Å². The Balaban J connectivity index is 1.69. The molecule has 1 amide bonds. The standard InChI is InChI=1S/C22H17FN4O5/c1-13-9-19(14(2)26(13)17-5-3-16(23)4-6-17)22(29)32-12-21(28)25-20-8-7-18(27(30)31)10-15(20)11-24/h3-10H,12H2,1-2H3,(H,25,28). The van der Waals surface area contributed by atoms with Gasteiger partial charge in [0.1, 0.15) is 11.9 Å². The summed E-state index contributed by atoms with van der Waals surface area (Å²) >= 11 is 0. The van der Waals surface area contributed by atoms with Gasteiger partial charge in [-0.1, -0.05) is 0 Å². The summed E-state index contributed by atoms with van der Waals surface area (Å²) in [7, 11) is 0. The van der Waals surface area contributed by atoms with Crippen LogP contribution in [0, 0.1) is 41.1 Å². The number of amides is 1. The fourth-order valence-electron chi connectivity index (χ4n) is 3.20. The molecule has 0 spiro atoms. The van der Waals surface area contributed by atoms with Crippen LogP contribution in [0.5, 0.6) is 0 Å². The highest BCUT2D eigenvalue weighted by molar-refractivity contribution is 5.97. The number of hydrogen-bond donors (Lipinski definition) is 1. The summed E-state index contributed by atoms with van der Waals surface area (Å²) < 4.78 is 20.0. The molecule has 0 radical (unpaired) electrons. The zero-order valence-electron chi connectivity index (χ0n) is 17.1. The molecule has 0 aliphatic heterocycles. The Morgan fingerprint density at radius 2 is 1.88 bits per heavy atom. The SMILES string of the molecule is Cc1cc(C(=O)OCC(=O)Nc2ccc([N+](=O)[O-])cc2C#N)c(C)n1-c1ccc(F)cc1. The third kappa shape index (κ3) is 4.62. The van der Waals surface area contributed by atoms with E-state index in [-0.39, 0.29) is 28.3 Å². The molecule has 162 valence electrons. The number of rotatable bonds is 6. The minimum Gasteiger partial charge on any atom is -0.452 e. The number of carbonyl (C=O) groups excluding carboxylic acids is 2. The zero-order chi connectivity index (χ0) is 23.4. The van der Waals surface area contributed by atoms with Crippen molar-refractivity contribution in [1.82, 2.24) is 4.57 Å². The predicted octanol–water partition coefficient (Wildman–Crippen LogP) is 3.81. The Labute approximate surface area is 181 Å². The van der Waals surface area contributed by atoms with Crippen molar-refractivity contribution < 1.29 is 23.6 Å². The zero-order valence-corrected chi connectivity index (χ0v) is 17.1. The number of nitro benzene ring substituents is 1. The van der Waals surface area contributed by atoms with Crippen molar-refractivity contribution >= 4 is 23.3 Å². The number of aromatic nitrogens is 1.